The second-order valence-electron chi connectivity index (χ2n) is 7.86. The summed E-state index contributed by atoms with van der Waals surface area (Å²) in [7, 11) is 0. The van der Waals surface area contributed by atoms with Crippen LogP contribution in [-0.2, 0) is 9.59 Å². The van der Waals surface area contributed by atoms with Crippen molar-refractivity contribution in [1.29, 1.82) is 0 Å². The minimum absolute atomic E-state index is 0.0348. The van der Waals surface area contributed by atoms with E-state index in [0.717, 1.165) is 19.3 Å². The van der Waals surface area contributed by atoms with Gasteiger partial charge in [0.15, 0.2) is 5.78 Å². The highest BCUT2D eigenvalue weighted by Gasteiger charge is 2.55. The summed E-state index contributed by atoms with van der Waals surface area (Å²) in [5.41, 5.74) is 1.30. The van der Waals surface area contributed by atoms with Gasteiger partial charge in [0, 0.05) is 12.3 Å². The van der Waals surface area contributed by atoms with Crippen LogP contribution in [0, 0.1) is 22.7 Å². The maximum Gasteiger partial charge on any atom is 0.159 e. The number of ketones is 2. The average molecular weight is 276 g/mol. The molecule has 2 heteroatoms. The molecule has 0 saturated heterocycles. The molecule has 2 nitrogen and oxygen atoms in total. The Hall–Kier alpha value is -0.920. The first-order valence-corrected chi connectivity index (χ1v) is 7.90. The lowest BCUT2D eigenvalue weighted by molar-refractivity contribution is -0.136. The summed E-state index contributed by atoms with van der Waals surface area (Å²) in [4.78, 5) is 24.0. The summed E-state index contributed by atoms with van der Waals surface area (Å²) in [5, 5.41) is 0. The molecule has 2 aliphatic carbocycles. The molecule has 0 N–H and O–H groups in total. The fourth-order valence-electron chi connectivity index (χ4n) is 5.03. The molecular formula is C18H28O2. The maximum absolute atomic E-state index is 12.6. The van der Waals surface area contributed by atoms with Gasteiger partial charge in [-0.1, -0.05) is 32.8 Å². The van der Waals surface area contributed by atoms with E-state index in [-0.39, 0.29) is 22.5 Å². The minimum Gasteiger partial charge on any atom is -0.300 e. The van der Waals surface area contributed by atoms with Gasteiger partial charge in [-0.25, -0.2) is 0 Å². The van der Waals surface area contributed by atoms with E-state index in [1.807, 2.05) is 6.08 Å². The molecule has 112 valence electrons. The predicted octanol–water partition coefficient (Wildman–Crippen LogP) is 4.33. The first-order valence-electron chi connectivity index (χ1n) is 7.90. The van der Waals surface area contributed by atoms with Crippen LogP contribution in [0.3, 0.4) is 0 Å². The van der Waals surface area contributed by atoms with Crippen LogP contribution in [0.1, 0.15) is 66.7 Å². The highest BCUT2D eigenvalue weighted by atomic mass is 16.1. The molecule has 1 saturated carbocycles. The van der Waals surface area contributed by atoms with Gasteiger partial charge in [0.25, 0.3) is 0 Å². The molecule has 0 amide bonds. The Morgan fingerprint density at radius 3 is 2.55 bits per heavy atom. The van der Waals surface area contributed by atoms with Gasteiger partial charge in [-0.15, -0.1) is 0 Å². The fourth-order valence-corrected chi connectivity index (χ4v) is 5.03. The smallest absolute Gasteiger partial charge is 0.159 e. The third-order valence-electron chi connectivity index (χ3n) is 5.76. The van der Waals surface area contributed by atoms with Crippen molar-refractivity contribution < 1.29 is 9.59 Å². The topological polar surface area (TPSA) is 34.1 Å². The number of allylic oxidation sites excluding steroid dienone is 2. The standard InChI is InChI=1S/C18H28O2/c1-12-11-15(20)16-17(3,4)9-6-10-18(16,5)14(12)8-7-13(2)19/h11,14,16H,6-10H2,1-5H3/t14-,16+,18+/m0/s1. The van der Waals surface area contributed by atoms with Gasteiger partial charge in [-0.2, -0.15) is 0 Å². The van der Waals surface area contributed by atoms with Gasteiger partial charge < -0.3 is 4.79 Å². The molecule has 0 spiro atoms. The summed E-state index contributed by atoms with van der Waals surface area (Å²) < 4.78 is 0. The lowest BCUT2D eigenvalue weighted by atomic mass is 9.48. The molecule has 0 aliphatic heterocycles. The number of fused-ring (bicyclic) bond motifs is 1. The van der Waals surface area contributed by atoms with E-state index in [0.29, 0.717) is 18.1 Å². The Labute approximate surface area is 123 Å². The number of hydrogen-bond donors (Lipinski definition) is 0. The first kappa shape index (κ1) is 15.5. The van der Waals surface area contributed by atoms with Crippen LogP contribution in [0.25, 0.3) is 0 Å². The predicted molar refractivity (Wildman–Crippen MR) is 81.4 cm³/mol. The van der Waals surface area contributed by atoms with E-state index in [2.05, 4.69) is 27.7 Å². The SMILES string of the molecule is CC(=O)CC[C@H]1C(C)=CC(=O)[C@@H]2C(C)(C)CCC[C@@]21C. The lowest BCUT2D eigenvalue weighted by Crippen LogP contribution is -2.52. The van der Waals surface area contributed by atoms with Gasteiger partial charge in [0.05, 0.1) is 0 Å². The van der Waals surface area contributed by atoms with E-state index in [9.17, 15) is 9.59 Å². The molecule has 0 aromatic rings. The van der Waals surface area contributed by atoms with Crippen LogP contribution in [0.15, 0.2) is 11.6 Å². The van der Waals surface area contributed by atoms with Crippen LogP contribution in [0.2, 0.25) is 0 Å². The largest absolute Gasteiger partial charge is 0.300 e. The number of Topliss-reactive ketones (excluding diaryl/α,β-unsaturated/α-hetero) is 1. The van der Waals surface area contributed by atoms with Gasteiger partial charge in [-0.05, 0) is 55.9 Å². The summed E-state index contributed by atoms with van der Waals surface area (Å²) in [5.74, 6) is 1.07. The Balaban J connectivity index is 2.39. The fraction of sp³-hybridized carbons (Fsp3) is 0.778. The molecule has 3 atom stereocenters. The van der Waals surface area contributed by atoms with Crippen molar-refractivity contribution in [2.45, 2.75) is 66.7 Å². The molecule has 0 unspecified atom stereocenters. The number of carbonyl (C=O) groups is 2. The zero-order chi connectivity index (χ0) is 15.1. The minimum atomic E-state index is 0.0348. The molecule has 0 bridgehead atoms. The van der Waals surface area contributed by atoms with Gasteiger partial charge >= 0.3 is 0 Å². The average Bonchev–Trinajstić information content (AvgIpc) is 2.25. The van der Waals surface area contributed by atoms with Gasteiger partial charge in [0.2, 0.25) is 0 Å². The second-order valence-corrected chi connectivity index (χ2v) is 7.86. The van der Waals surface area contributed by atoms with Gasteiger partial charge in [-0.3, -0.25) is 4.79 Å². The monoisotopic (exact) mass is 276 g/mol. The Morgan fingerprint density at radius 1 is 1.30 bits per heavy atom. The quantitative estimate of drug-likeness (QED) is 0.768. The van der Waals surface area contributed by atoms with Crippen molar-refractivity contribution >= 4 is 11.6 Å². The van der Waals surface area contributed by atoms with E-state index in [4.69, 9.17) is 0 Å². The molecule has 2 rings (SSSR count). The van der Waals surface area contributed by atoms with E-state index < -0.39 is 0 Å². The maximum atomic E-state index is 12.6. The van der Waals surface area contributed by atoms with E-state index in [1.54, 1.807) is 6.92 Å². The summed E-state index contributed by atoms with van der Waals surface area (Å²) in [6.45, 7) is 10.5. The Kier molecular flexibility index (Phi) is 3.96. The third-order valence-corrected chi connectivity index (χ3v) is 5.76. The lowest BCUT2D eigenvalue weighted by Gasteiger charge is -2.55. The summed E-state index contributed by atoms with van der Waals surface area (Å²) in [6, 6.07) is 0. The van der Waals surface area contributed by atoms with Crippen molar-refractivity contribution in [2.24, 2.45) is 22.7 Å². The highest BCUT2D eigenvalue weighted by Crippen LogP contribution is 2.59. The third kappa shape index (κ3) is 2.49. The second kappa shape index (κ2) is 5.13. The van der Waals surface area contributed by atoms with E-state index >= 15 is 0 Å². The normalized spacial score (nSPS) is 36.2. The van der Waals surface area contributed by atoms with Crippen LogP contribution in [0.4, 0.5) is 0 Å². The molecule has 0 aromatic carbocycles. The summed E-state index contributed by atoms with van der Waals surface area (Å²) >= 11 is 0. The van der Waals surface area contributed by atoms with E-state index in [1.165, 1.54) is 12.0 Å². The first-order chi connectivity index (χ1) is 9.18. The number of rotatable bonds is 3. The van der Waals surface area contributed by atoms with Crippen LogP contribution >= 0.6 is 0 Å². The summed E-state index contributed by atoms with van der Waals surface area (Å²) in [6.07, 6.45) is 6.83. The molecule has 0 heterocycles. The van der Waals surface area contributed by atoms with Crippen LogP contribution < -0.4 is 0 Å². The highest BCUT2D eigenvalue weighted by molar-refractivity contribution is 5.95. The number of hydrogen-bond acceptors (Lipinski definition) is 2. The van der Waals surface area contributed by atoms with Gasteiger partial charge in [0.1, 0.15) is 5.78 Å². The number of carbonyl (C=O) groups excluding carboxylic acids is 2. The Bertz CT molecular complexity index is 458. The molecule has 0 radical (unpaired) electrons. The van der Waals surface area contributed by atoms with Crippen molar-refractivity contribution in [1.82, 2.24) is 0 Å². The molecule has 0 aromatic heterocycles. The zero-order valence-electron chi connectivity index (χ0n) is 13.6. The molecule has 2 aliphatic rings. The van der Waals surface area contributed by atoms with Crippen LogP contribution in [0.5, 0.6) is 0 Å². The molecular weight excluding hydrogens is 248 g/mol. The van der Waals surface area contributed by atoms with Crippen molar-refractivity contribution in [3.05, 3.63) is 11.6 Å². The molecule has 1 fully saturated rings. The molecule has 20 heavy (non-hydrogen) atoms. The van der Waals surface area contributed by atoms with Crippen molar-refractivity contribution in [3.8, 4) is 0 Å². The zero-order valence-corrected chi connectivity index (χ0v) is 13.6. The Morgan fingerprint density at radius 2 is 1.95 bits per heavy atom. The van der Waals surface area contributed by atoms with Crippen molar-refractivity contribution in [2.75, 3.05) is 0 Å². The van der Waals surface area contributed by atoms with Crippen molar-refractivity contribution in [3.63, 3.8) is 0 Å². The van der Waals surface area contributed by atoms with Crippen LogP contribution in [-0.4, -0.2) is 11.6 Å².